The Labute approximate surface area is 854 Å². The topological polar surface area (TPSA) is 266 Å². The normalized spacial score (nSPS) is 30.0. The van der Waals surface area contributed by atoms with Crippen LogP contribution in [0.4, 0.5) is 30.7 Å². The van der Waals surface area contributed by atoms with Crippen molar-refractivity contribution in [2.45, 2.75) is 204 Å². The number of pyridine rings is 1. The maximum Gasteiger partial charge on any atom is 0.249 e. The summed E-state index contributed by atoms with van der Waals surface area (Å²) in [4.78, 5) is 74.6. The van der Waals surface area contributed by atoms with E-state index in [0.717, 1.165) is 123 Å². The van der Waals surface area contributed by atoms with Gasteiger partial charge in [0.05, 0.1) is 113 Å². The van der Waals surface area contributed by atoms with E-state index in [9.17, 15) is 70.0 Å². The zero-order valence-corrected chi connectivity index (χ0v) is 83.0. The second-order valence-corrected chi connectivity index (χ2v) is 45.8. The van der Waals surface area contributed by atoms with Gasteiger partial charge in [0.15, 0.2) is 0 Å². The van der Waals surface area contributed by atoms with Gasteiger partial charge in [-0.2, -0.15) is 25.5 Å². The third kappa shape index (κ3) is 16.8. The monoisotopic (exact) mass is 2040 g/mol. The molecule has 2 saturated heterocycles. The van der Waals surface area contributed by atoms with Gasteiger partial charge in [0, 0.05) is 132 Å². The van der Waals surface area contributed by atoms with Gasteiger partial charge in [-0.1, -0.05) is 95.0 Å². The number of rotatable bonds is 22. The Kier molecular flexibility index (Phi) is 24.0. The van der Waals surface area contributed by atoms with Crippen molar-refractivity contribution in [3.8, 4) is 11.5 Å². The Hall–Kier alpha value is -13.0. The summed E-state index contributed by atoms with van der Waals surface area (Å²) in [6, 6.07) is 54.1. The summed E-state index contributed by atoms with van der Waals surface area (Å²) in [7, 11) is 3.14. The summed E-state index contributed by atoms with van der Waals surface area (Å²) in [5, 5.41) is 62.2. The quantitative estimate of drug-likeness (QED) is 0.0534. The first-order chi connectivity index (χ1) is 70.5. The lowest BCUT2D eigenvalue weighted by Gasteiger charge is -2.71. The van der Waals surface area contributed by atoms with Gasteiger partial charge in [0.1, 0.15) is 58.3 Å². The summed E-state index contributed by atoms with van der Waals surface area (Å²) < 4.78 is 110. The molecule has 12 aromatic rings. The first-order valence-corrected chi connectivity index (χ1v) is 51.1. The zero-order valence-electron chi connectivity index (χ0n) is 81.5. The van der Waals surface area contributed by atoms with Crippen molar-refractivity contribution in [1.29, 1.82) is 0 Å². The van der Waals surface area contributed by atoms with E-state index in [1.54, 1.807) is 69.4 Å². The summed E-state index contributed by atoms with van der Waals surface area (Å²) >= 11 is 12.0. The molecule has 8 heterocycles. The molecule has 147 heavy (non-hydrogen) atoms. The van der Waals surface area contributed by atoms with Crippen LogP contribution in [0, 0.1) is 109 Å². The number of aliphatic hydroxyl groups is 3. The number of benzene rings is 9. The minimum atomic E-state index is -0.780. The zero-order chi connectivity index (χ0) is 102. The molecule has 0 radical (unpaired) electrons. The summed E-state index contributed by atoms with van der Waals surface area (Å²) in [5.41, 5.74) is 8.00. The number of hydrogen-bond donors (Lipinski definition) is 3. The average molecular weight is 2040 g/mol. The molecule has 8 unspecified atom stereocenters. The maximum atomic E-state index is 13.7. The minimum Gasteiger partial charge on any atom is -0.497 e. The van der Waals surface area contributed by atoms with Crippen molar-refractivity contribution in [1.82, 2.24) is 49.4 Å². The van der Waals surface area contributed by atoms with E-state index in [4.69, 9.17) is 32.7 Å². The van der Waals surface area contributed by atoms with Gasteiger partial charge >= 0.3 is 0 Å². The first-order valence-electron chi connectivity index (χ1n) is 50.4. The molecule has 20 aliphatic rings. The molecule has 32 rings (SSSR count). The molecule has 8 atom stereocenters. The number of nitrogens with zero attached hydrogens (tertiary/aromatic N) is 13. The predicted octanol–water partition coefficient (Wildman–Crippen LogP) is 22.2. The van der Waals surface area contributed by atoms with Crippen molar-refractivity contribution in [3.05, 3.63) is 325 Å². The van der Waals surface area contributed by atoms with Gasteiger partial charge in [-0.25, -0.2) is 45.8 Å². The highest BCUT2D eigenvalue weighted by Gasteiger charge is 2.79. The number of hydrogen-bond acceptors (Lipinski definition) is 16. The average Bonchev–Trinajstić information content (AvgIpc) is 1.45. The maximum absolute atomic E-state index is 13.7. The van der Waals surface area contributed by atoms with Crippen molar-refractivity contribution < 1.29 is 79.5 Å². The summed E-state index contributed by atoms with van der Waals surface area (Å²) in [5.74, 6) is -2.68. The number of halogens is 9. The van der Waals surface area contributed by atoms with Crippen molar-refractivity contribution in [2.24, 2.45) is 69.5 Å². The van der Waals surface area contributed by atoms with Crippen LogP contribution in [0.5, 0.6) is 11.5 Å². The van der Waals surface area contributed by atoms with E-state index in [2.05, 4.69) is 107 Å². The van der Waals surface area contributed by atoms with Crippen LogP contribution in [0.25, 0.3) is 21.8 Å². The van der Waals surface area contributed by atoms with E-state index in [0.29, 0.717) is 122 Å². The van der Waals surface area contributed by atoms with Gasteiger partial charge in [0.25, 0.3) is 0 Å². The number of aromatic nitrogens is 5. The second-order valence-electron chi connectivity index (χ2n) is 44.9. The molecule has 9 aromatic carbocycles. The van der Waals surface area contributed by atoms with Crippen LogP contribution in [0.3, 0.4) is 0 Å². The number of fused-ring (bicyclic) bond motifs is 2. The van der Waals surface area contributed by atoms with E-state index in [1.165, 1.54) is 102 Å². The summed E-state index contributed by atoms with van der Waals surface area (Å²) in [6.07, 6.45) is 22.5. The molecule has 15 aliphatic carbocycles. The molecule has 17 fully saturated rings. The van der Waals surface area contributed by atoms with Crippen LogP contribution in [0.15, 0.2) is 234 Å². The van der Waals surface area contributed by atoms with Crippen molar-refractivity contribution in [3.63, 3.8) is 0 Å². The molecule has 3 aromatic heterocycles. The van der Waals surface area contributed by atoms with Gasteiger partial charge in [-0.15, -0.1) is 0 Å². The van der Waals surface area contributed by atoms with Crippen LogP contribution in [-0.2, 0) is 37.1 Å². The molecule has 3 N–H and O–H groups in total. The molecule has 10 bridgehead atoms. The second kappa shape index (κ2) is 36.2. The molecule has 0 spiro atoms. The number of likely N-dealkylation sites (tertiary alicyclic amines) is 2. The fraction of sp³-hybridized carbons (Fsp3) is 0.400. The number of ether oxygens (including phenoxy) is 2. The van der Waals surface area contributed by atoms with Crippen LogP contribution in [0.1, 0.15) is 233 Å². The van der Waals surface area contributed by atoms with Gasteiger partial charge < -0.3 is 34.6 Å². The molecule has 5 amide bonds. The third-order valence-electron chi connectivity index (χ3n) is 34.9. The van der Waals surface area contributed by atoms with Gasteiger partial charge in [0.2, 0.25) is 29.5 Å². The Morgan fingerprint density at radius 3 is 1.12 bits per heavy atom. The predicted molar refractivity (Wildman–Crippen MR) is 536 cm³/mol. The number of amides is 5. The molecule has 23 nitrogen and oxygen atoms in total. The summed E-state index contributed by atoms with van der Waals surface area (Å²) in [6.45, 7) is 7.73. The Balaban J connectivity index is 0.000000101. The number of carbonyl (C=O) groups is 5. The van der Waals surface area contributed by atoms with Gasteiger partial charge in [-0.05, 0) is 288 Å². The SMILES string of the molecule is COc1ccc(C(O)C23CC(C(=O)N4N=CCC4c4cc(F)cc(F)c4)(C2)C3)cc1.COc1ccnc(C(O)C23CC(C(=O)N4N=CCC4c4cc(F)cc(F)c4)(C2)C3)c1.Cc1ccc2c(cnn2CC23CC(C(=O)N4CCC4c4ccc(Cl)cc4)(C2)C3)c1.Cc1ccc2c(cnn2CC23CC(C(=O)N4CCC4c4ccc(F)cc4)(C2)C3)c1.O=C(N1N=CCC1c1cc(F)cc(F)c1)C12CC(C(O)c3cccc(Cl)c3)(C1)C2. The van der Waals surface area contributed by atoms with Crippen molar-refractivity contribution in [2.75, 3.05) is 27.3 Å². The van der Waals surface area contributed by atoms with E-state index < -0.39 is 87.6 Å². The number of carbonyl (C=O) groups excluding carboxylic acids is 5. The highest BCUT2D eigenvalue weighted by atomic mass is 35.5. The largest absolute Gasteiger partial charge is 0.497 e. The first kappa shape index (κ1) is 97.4. The highest BCUT2D eigenvalue weighted by molar-refractivity contribution is 6.31. The Bertz CT molecular complexity index is 7070. The number of hydrazone groups is 3. The van der Waals surface area contributed by atoms with Crippen LogP contribution < -0.4 is 9.47 Å². The van der Waals surface area contributed by atoms with E-state index in [-0.39, 0.29) is 73.5 Å². The Morgan fingerprint density at radius 1 is 0.374 bits per heavy atom. The number of aliphatic hydroxyl groups excluding tert-OH is 3. The smallest absolute Gasteiger partial charge is 0.249 e. The van der Waals surface area contributed by atoms with Crippen LogP contribution in [0.2, 0.25) is 10.0 Å². The molecule has 32 heteroatoms. The van der Waals surface area contributed by atoms with Gasteiger partial charge in [-0.3, -0.25) is 38.3 Å². The third-order valence-corrected chi connectivity index (χ3v) is 35.4. The lowest BCUT2D eigenvalue weighted by Crippen LogP contribution is -2.70. The molecular weight excluding hydrogens is 1930 g/mol. The lowest BCUT2D eigenvalue weighted by molar-refractivity contribution is -0.255. The molecule has 5 aliphatic heterocycles. The number of aryl methyl sites for hydroxylation is 2. The lowest BCUT2D eigenvalue weighted by atomic mass is 9.33. The van der Waals surface area contributed by atoms with E-state index in [1.807, 2.05) is 71.9 Å². The Morgan fingerprint density at radius 2 is 0.748 bits per heavy atom. The highest BCUT2D eigenvalue weighted by Crippen LogP contribution is 2.82. The molecular formula is C115H110Cl2F7N13O10. The van der Waals surface area contributed by atoms with E-state index >= 15 is 0 Å². The van der Waals surface area contributed by atoms with Crippen LogP contribution >= 0.6 is 23.2 Å². The van der Waals surface area contributed by atoms with Crippen LogP contribution in [-0.4, -0.2) is 140 Å². The molecule has 758 valence electrons. The molecule has 15 saturated carbocycles. The minimum absolute atomic E-state index is 0.107. The fourth-order valence-corrected chi connectivity index (χ4v) is 28.4. The van der Waals surface area contributed by atoms with Crippen molar-refractivity contribution >= 4 is 93.2 Å². The number of methoxy groups -OCH3 is 2. The fourth-order valence-electron chi connectivity index (χ4n) is 28.0. The standard InChI is InChI=1S/C24H24ClN3O.C24H24FN3O.C23H22F2N2O3.C22H19ClF2N2O2.C22H21F2N3O3/c2*1-16-2-7-21-18(10-16)11-26-28(21)15-23-12-24(13-23,14-23)22(29)27-9-8-20(27)17-3-5-19(25)6-4-17;1-30-18-4-2-14(3-5-18)20(28)22-11-23(12-22,13-22)21(29)27-19(6-7-26-27)15-8-16(24)10-17(25)9-15;23-15-3-1-2-13(6-15)19(28)21-10-22(11-21,12-21)20(29)27-18(4-5-26-27)14-7-16(24)9-17(25)8-14;1-30-16-2-4-25-17(9-16)19(28)21-10-22(11-21,12-21)20(29)27-18(3-5-26-27)13-6-14(23)8-15(24)7-13/h2*2-7,10-11,20H,8-9,12-15H2,1H3;2-5,7-10,19-20,28H,6,11-13H2,1H3;1-3,5-9,18-19,28H,4,10-12H2;2,4-9,18-19,28H,3,10-12H2,1H3.